The Kier molecular flexibility index (Phi) is 18.6. The van der Waals surface area contributed by atoms with E-state index in [2.05, 4.69) is 352 Å². The van der Waals surface area contributed by atoms with Gasteiger partial charge in [0.2, 0.25) is 17.8 Å². The second kappa shape index (κ2) is 31.8. The topological polar surface area (TPSA) is 144 Å². The first-order chi connectivity index (χ1) is 68.7. The van der Waals surface area contributed by atoms with E-state index in [4.69, 9.17) is 49.3 Å². The van der Waals surface area contributed by atoms with E-state index in [0.29, 0.717) is 52.8 Å². The molecule has 26 aromatic rings. The van der Waals surface area contributed by atoms with Gasteiger partial charge in [-0.3, -0.25) is 13.7 Å². The summed E-state index contributed by atoms with van der Waals surface area (Å²) in [6.07, 6.45) is 0. The highest BCUT2D eigenvalue weighted by molar-refractivity contribution is 7.26. The quantitative estimate of drug-likeness (QED) is 0.130. The van der Waals surface area contributed by atoms with Crippen LogP contribution in [0.25, 0.3) is 238 Å². The third kappa shape index (κ3) is 12.9. The van der Waals surface area contributed by atoms with Gasteiger partial charge in [0.1, 0.15) is 11.2 Å². The summed E-state index contributed by atoms with van der Waals surface area (Å²) in [4.78, 5) is 46.4. The predicted octanol–water partition coefficient (Wildman–Crippen LogP) is 31.8. The number of para-hydroxylation sites is 4. The van der Waals surface area contributed by atoms with Gasteiger partial charge < -0.3 is 4.42 Å². The maximum atomic E-state index is 6.45. The summed E-state index contributed by atoms with van der Waals surface area (Å²) in [6, 6.07) is 145. The first kappa shape index (κ1) is 81.9. The fraction of sp³-hybridized carbons (Fsp3) is 0.0714. The lowest BCUT2D eigenvalue weighted by molar-refractivity contribution is 0.661. The van der Waals surface area contributed by atoms with Crippen LogP contribution in [0, 0.1) is 0 Å². The van der Waals surface area contributed by atoms with Crippen LogP contribution in [0.1, 0.15) is 74.9 Å². The largest absolute Gasteiger partial charge is 0.455 e. The fourth-order valence-corrected chi connectivity index (χ4v) is 23.6. The number of hydrogen-bond donors (Lipinski definition) is 0. The number of benzene rings is 18. The van der Waals surface area contributed by atoms with Crippen molar-refractivity contribution in [1.29, 1.82) is 0 Å². The molecule has 0 radical (unpaired) electrons. The van der Waals surface area contributed by atoms with E-state index in [1.807, 2.05) is 115 Å². The molecule has 662 valence electrons. The van der Waals surface area contributed by atoms with Crippen molar-refractivity contribution >= 4 is 119 Å². The molecule has 0 amide bonds. The lowest BCUT2D eigenvalue weighted by Gasteiger charge is -2.21. The van der Waals surface area contributed by atoms with Crippen LogP contribution in [0.3, 0.4) is 0 Å². The molecule has 0 spiro atoms. The second-order valence-corrected chi connectivity index (χ2v) is 39.3. The van der Waals surface area contributed by atoms with Crippen molar-refractivity contribution in [2.45, 2.75) is 57.8 Å². The Hall–Kier alpha value is -17.6. The summed E-state index contributed by atoms with van der Waals surface area (Å²) < 4.78 is 15.6. The minimum absolute atomic E-state index is 0.0902. The van der Waals surface area contributed by atoms with Gasteiger partial charge in [-0.25, -0.2) is 15.0 Å². The van der Waals surface area contributed by atoms with E-state index in [1.54, 1.807) is 11.3 Å². The number of fused-ring (bicyclic) bond motifs is 24. The molecule has 140 heavy (non-hydrogen) atoms. The molecule has 14 heteroatoms. The van der Waals surface area contributed by atoms with Crippen molar-refractivity contribution in [3.05, 3.63) is 446 Å². The van der Waals surface area contributed by atoms with Gasteiger partial charge in [0.05, 0.1) is 38.7 Å². The Morgan fingerprint density at radius 1 is 0.200 bits per heavy atom. The number of nitrogens with zero attached hydrogens (tertiary/aromatic N) is 12. The van der Waals surface area contributed by atoms with Crippen LogP contribution in [-0.4, -0.2) is 58.6 Å². The summed E-state index contributed by atoms with van der Waals surface area (Å²) in [7, 11) is 0. The second-order valence-electron chi connectivity index (χ2n) is 38.3. The van der Waals surface area contributed by atoms with E-state index in [0.717, 1.165) is 88.4 Å². The van der Waals surface area contributed by atoms with Crippen LogP contribution < -0.4 is 0 Å². The Balaban J connectivity index is 0.000000105. The highest BCUT2D eigenvalue weighted by Crippen LogP contribution is 2.56. The average Bonchev–Trinajstić information content (AvgIpc) is 1.55. The van der Waals surface area contributed by atoms with Gasteiger partial charge in [0.15, 0.2) is 34.9 Å². The molecule has 8 aromatic heterocycles. The molecule has 18 aromatic carbocycles. The van der Waals surface area contributed by atoms with Gasteiger partial charge in [0, 0.05) is 107 Å². The SMILES string of the molecule is CC1(C)c2ccccc2-c2cc3c(cc21)c1cc(-c2ccccc2)ccc1n3-c1nc(-c2ccccc2)nc(-c2ccccc2)n1.CC1(C)c2ccccc2-c2cc3c(cc21)c1ccccc1n3-c1nc(-c2ccccc2)nc(-c2cccc3c2oc2ccccc23)n1.CC1(C)c2ccccc2-c2cc3c(cc21)c1ccccc1n3-c1nc(-c2ccccc2)nc(-c2cccc3c2sc2ccccc23)n1. The van der Waals surface area contributed by atoms with Crippen LogP contribution in [-0.2, 0) is 16.2 Å². The molecule has 0 bridgehead atoms. The summed E-state index contributed by atoms with van der Waals surface area (Å²) in [6.45, 7) is 14.0. The first-order valence-electron chi connectivity index (χ1n) is 47.6. The Labute approximate surface area is 810 Å². The smallest absolute Gasteiger partial charge is 0.238 e. The summed E-state index contributed by atoms with van der Waals surface area (Å²) >= 11 is 1.79. The van der Waals surface area contributed by atoms with Crippen LogP contribution in [0.5, 0.6) is 0 Å². The Morgan fingerprint density at radius 2 is 0.521 bits per heavy atom. The molecular weight excluding hydrogens is 1730 g/mol. The average molecular weight is 1820 g/mol. The van der Waals surface area contributed by atoms with E-state index in [-0.39, 0.29) is 16.2 Å². The van der Waals surface area contributed by atoms with Gasteiger partial charge in [0.25, 0.3) is 0 Å². The van der Waals surface area contributed by atoms with Crippen molar-refractivity contribution in [3.8, 4) is 131 Å². The predicted molar refractivity (Wildman–Crippen MR) is 573 cm³/mol. The van der Waals surface area contributed by atoms with E-state index in [1.165, 1.54) is 130 Å². The molecule has 0 atom stereocenters. The molecule has 29 rings (SSSR count). The number of rotatable bonds is 10. The highest BCUT2D eigenvalue weighted by Gasteiger charge is 2.41. The first-order valence-corrected chi connectivity index (χ1v) is 48.5. The normalized spacial score (nSPS) is 13.4. The monoisotopic (exact) mass is 1810 g/mol. The lowest BCUT2D eigenvalue weighted by Crippen LogP contribution is -2.14. The van der Waals surface area contributed by atoms with Crippen LogP contribution >= 0.6 is 11.3 Å². The molecule has 3 aliphatic rings. The minimum Gasteiger partial charge on any atom is -0.455 e. The molecule has 3 aliphatic carbocycles. The van der Waals surface area contributed by atoms with Crippen molar-refractivity contribution in [2.24, 2.45) is 0 Å². The van der Waals surface area contributed by atoms with E-state index in [9.17, 15) is 0 Å². The molecule has 0 saturated carbocycles. The Morgan fingerprint density at radius 3 is 0.979 bits per heavy atom. The van der Waals surface area contributed by atoms with Gasteiger partial charge in [-0.15, -0.1) is 11.3 Å². The maximum absolute atomic E-state index is 6.45. The van der Waals surface area contributed by atoms with Gasteiger partial charge in [-0.2, -0.15) is 29.9 Å². The van der Waals surface area contributed by atoms with Crippen molar-refractivity contribution in [2.75, 3.05) is 0 Å². The number of hydrogen-bond acceptors (Lipinski definition) is 11. The summed E-state index contributed by atoms with van der Waals surface area (Å²) in [5, 5.41) is 11.7. The third-order valence-corrected chi connectivity index (χ3v) is 30.4. The highest BCUT2D eigenvalue weighted by atomic mass is 32.1. The molecule has 13 nitrogen and oxygen atoms in total. The summed E-state index contributed by atoms with van der Waals surface area (Å²) in [5.41, 5.74) is 31.5. The van der Waals surface area contributed by atoms with Crippen molar-refractivity contribution in [3.63, 3.8) is 0 Å². The number of aromatic nitrogens is 12. The molecule has 0 aliphatic heterocycles. The summed E-state index contributed by atoms with van der Waals surface area (Å²) in [5.74, 6) is 5.58. The van der Waals surface area contributed by atoms with Crippen LogP contribution in [0.2, 0.25) is 0 Å². The fourth-order valence-electron chi connectivity index (χ4n) is 22.3. The maximum Gasteiger partial charge on any atom is 0.238 e. The molecule has 0 unspecified atom stereocenters. The molecule has 8 heterocycles. The van der Waals surface area contributed by atoms with Gasteiger partial charge >= 0.3 is 0 Å². The molecular formula is C126H86N12OS. The molecule has 0 N–H and O–H groups in total. The zero-order valence-electron chi connectivity index (χ0n) is 77.4. The minimum atomic E-state index is -0.111. The van der Waals surface area contributed by atoms with Crippen LogP contribution in [0.15, 0.2) is 417 Å². The molecule has 0 fully saturated rings. The van der Waals surface area contributed by atoms with Crippen molar-refractivity contribution < 1.29 is 4.42 Å². The standard InChI is InChI=1S/C42H28N4O.C42H28N4S.C42H30N4/c2*1-42(2)33-20-9-6-15-26(33)31-24-36-32(23-34(31)42)27-16-7-10-21-35(27)46(36)41-44-39(25-13-4-3-5-14-25)43-40(45-41)30-19-12-18-29-28-17-8-11-22-37(28)47-38(29)30;1-42(2)35-21-13-12-20-31(35)32-26-38-34(25-36(32)42)33-24-30(27-14-6-3-7-15-27)22-23-37(33)46(38)41-44-39(28-16-8-4-9-17-28)43-40(45-41)29-18-10-5-11-19-29/h2*3-24H,1-2H3;3-26H,1-2H3. The van der Waals surface area contributed by atoms with Gasteiger partial charge in [-0.1, -0.05) is 369 Å². The number of thiophene rings is 1. The molecule has 0 saturated heterocycles. The zero-order chi connectivity index (χ0) is 93.4. The third-order valence-electron chi connectivity index (χ3n) is 29.2. The number of furan rings is 1. The van der Waals surface area contributed by atoms with Gasteiger partial charge in [-0.05, 0) is 163 Å². The van der Waals surface area contributed by atoms with E-state index < -0.39 is 0 Å². The Bertz CT molecular complexity index is 9170. The van der Waals surface area contributed by atoms with Crippen molar-refractivity contribution in [1.82, 2.24) is 58.6 Å². The lowest BCUT2D eigenvalue weighted by atomic mass is 9.82. The zero-order valence-corrected chi connectivity index (χ0v) is 78.3. The van der Waals surface area contributed by atoms with Crippen LogP contribution in [0.4, 0.5) is 0 Å². The van der Waals surface area contributed by atoms with E-state index >= 15 is 0 Å².